The van der Waals surface area contributed by atoms with Crippen LogP contribution in [0.2, 0.25) is 0 Å². The van der Waals surface area contributed by atoms with Gasteiger partial charge in [0.25, 0.3) is 0 Å². The first-order valence-corrected chi connectivity index (χ1v) is 7.10. The third-order valence-corrected chi connectivity index (χ3v) is 3.55. The second kappa shape index (κ2) is 5.96. The number of benzene rings is 2. The zero-order chi connectivity index (χ0) is 16.4. The third-order valence-electron chi connectivity index (χ3n) is 3.55. The Morgan fingerprint density at radius 1 is 0.565 bits per heavy atom. The van der Waals surface area contributed by atoms with Gasteiger partial charge in [0.05, 0.1) is 0 Å². The highest BCUT2D eigenvalue weighted by Gasteiger charge is 2.08. The van der Waals surface area contributed by atoms with Gasteiger partial charge in [-0.15, -0.1) is 0 Å². The first-order chi connectivity index (χ1) is 11.0. The first kappa shape index (κ1) is 14.8. The molecule has 0 aliphatic carbocycles. The maximum Gasteiger partial charge on any atom is 0.157 e. The van der Waals surface area contributed by atoms with Gasteiger partial charge >= 0.3 is 0 Å². The van der Waals surface area contributed by atoms with Gasteiger partial charge < -0.3 is 24.8 Å². The smallest absolute Gasteiger partial charge is 0.157 e. The molecule has 0 unspecified atom stereocenters. The number of phenols is 4. The summed E-state index contributed by atoms with van der Waals surface area (Å²) < 4.78 is 5.74. The van der Waals surface area contributed by atoms with Crippen LogP contribution in [-0.2, 0) is 12.8 Å². The second-order valence-corrected chi connectivity index (χ2v) is 5.37. The Morgan fingerprint density at radius 2 is 1.00 bits per heavy atom. The molecule has 0 fully saturated rings. The summed E-state index contributed by atoms with van der Waals surface area (Å²) in [4.78, 5) is 0. The Morgan fingerprint density at radius 3 is 1.39 bits per heavy atom. The van der Waals surface area contributed by atoms with Gasteiger partial charge in [0.2, 0.25) is 0 Å². The number of aromatic hydroxyl groups is 4. The molecule has 1 aromatic heterocycles. The maximum atomic E-state index is 9.50. The molecule has 1 heterocycles. The van der Waals surface area contributed by atoms with E-state index in [4.69, 9.17) is 4.42 Å². The minimum Gasteiger partial charge on any atom is -0.504 e. The van der Waals surface area contributed by atoms with Crippen molar-refractivity contribution in [3.8, 4) is 23.0 Å². The Labute approximate surface area is 132 Å². The normalized spacial score (nSPS) is 10.8. The van der Waals surface area contributed by atoms with Gasteiger partial charge in [-0.05, 0) is 47.5 Å². The predicted octanol–water partition coefficient (Wildman–Crippen LogP) is 3.28. The van der Waals surface area contributed by atoms with Crippen LogP contribution in [0.5, 0.6) is 23.0 Å². The zero-order valence-electron chi connectivity index (χ0n) is 12.2. The number of hydrogen-bond acceptors (Lipinski definition) is 5. The van der Waals surface area contributed by atoms with Crippen LogP contribution in [0.4, 0.5) is 0 Å². The Bertz CT molecular complexity index is 767. The van der Waals surface area contributed by atoms with Crippen molar-refractivity contribution >= 4 is 0 Å². The van der Waals surface area contributed by atoms with E-state index in [-0.39, 0.29) is 23.0 Å². The van der Waals surface area contributed by atoms with Gasteiger partial charge in [-0.3, -0.25) is 0 Å². The SMILES string of the molecule is Oc1ccc(Cc2ccc(Cc3ccc(O)c(O)c3)o2)cc1O. The molecule has 23 heavy (non-hydrogen) atoms. The summed E-state index contributed by atoms with van der Waals surface area (Å²) in [5.74, 6) is 0.839. The highest BCUT2D eigenvalue weighted by molar-refractivity contribution is 5.42. The lowest BCUT2D eigenvalue weighted by atomic mass is 10.1. The van der Waals surface area contributed by atoms with Gasteiger partial charge in [-0.25, -0.2) is 0 Å². The molecule has 0 aliphatic rings. The van der Waals surface area contributed by atoms with E-state index in [0.717, 1.165) is 22.6 Å². The van der Waals surface area contributed by atoms with Crippen LogP contribution in [0.15, 0.2) is 52.9 Å². The largest absolute Gasteiger partial charge is 0.504 e. The Hall–Kier alpha value is -3.08. The maximum absolute atomic E-state index is 9.50. The van der Waals surface area contributed by atoms with Crippen LogP contribution >= 0.6 is 0 Å². The molecule has 0 spiro atoms. The summed E-state index contributed by atoms with van der Waals surface area (Å²) in [5.41, 5.74) is 1.65. The van der Waals surface area contributed by atoms with Gasteiger partial charge in [-0.2, -0.15) is 0 Å². The van der Waals surface area contributed by atoms with Crippen molar-refractivity contribution in [2.45, 2.75) is 12.8 Å². The van der Waals surface area contributed by atoms with Gasteiger partial charge in [0, 0.05) is 12.8 Å². The second-order valence-electron chi connectivity index (χ2n) is 5.37. The zero-order valence-corrected chi connectivity index (χ0v) is 12.2. The average Bonchev–Trinajstić information content (AvgIpc) is 2.94. The van der Waals surface area contributed by atoms with E-state index in [1.807, 2.05) is 12.1 Å². The summed E-state index contributed by atoms with van der Waals surface area (Å²) in [7, 11) is 0. The molecule has 5 nitrogen and oxygen atoms in total. The lowest BCUT2D eigenvalue weighted by molar-refractivity contribution is 0.402. The summed E-state index contributed by atoms with van der Waals surface area (Å²) in [6.45, 7) is 0. The van der Waals surface area contributed by atoms with Crippen molar-refractivity contribution in [1.82, 2.24) is 0 Å². The minimum absolute atomic E-state index is 0.152. The van der Waals surface area contributed by atoms with Crippen molar-refractivity contribution in [3.05, 3.63) is 71.2 Å². The van der Waals surface area contributed by atoms with Crippen LogP contribution < -0.4 is 0 Å². The quantitative estimate of drug-likeness (QED) is 0.555. The molecular formula is C18H16O5. The van der Waals surface area contributed by atoms with E-state index < -0.39 is 0 Å². The lowest BCUT2D eigenvalue weighted by Crippen LogP contribution is -1.87. The molecule has 0 bridgehead atoms. The number of phenolic OH excluding ortho intramolecular Hbond substituents is 4. The molecule has 4 N–H and O–H groups in total. The van der Waals surface area contributed by atoms with Crippen LogP contribution in [0, 0.1) is 0 Å². The molecule has 0 atom stereocenters. The molecule has 0 aliphatic heterocycles. The summed E-state index contributed by atoms with van der Waals surface area (Å²) in [6, 6.07) is 13.0. The van der Waals surface area contributed by atoms with E-state index in [0.29, 0.717) is 12.8 Å². The van der Waals surface area contributed by atoms with Crippen LogP contribution in [0.25, 0.3) is 0 Å². The molecule has 0 saturated carbocycles. The van der Waals surface area contributed by atoms with E-state index in [9.17, 15) is 20.4 Å². The molecule has 118 valence electrons. The fourth-order valence-electron chi connectivity index (χ4n) is 2.37. The molecule has 0 saturated heterocycles. The molecule has 5 heteroatoms. The highest BCUT2D eigenvalue weighted by atomic mass is 16.3. The standard InChI is InChI=1S/C18H16O5/c19-15-5-1-11(9-17(15)21)7-13-3-4-14(23-13)8-12-2-6-16(20)18(22)10-12/h1-6,9-10,19-22H,7-8H2. The minimum atomic E-state index is -0.158. The van der Waals surface area contributed by atoms with Crippen molar-refractivity contribution in [1.29, 1.82) is 0 Å². The van der Waals surface area contributed by atoms with E-state index in [1.54, 1.807) is 12.1 Å². The van der Waals surface area contributed by atoms with E-state index >= 15 is 0 Å². The molecule has 3 aromatic rings. The van der Waals surface area contributed by atoms with Crippen LogP contribution in [-0.4, -0.2) is 20.4 Å². The fourth-order valence-corrected chi connectivity index (χ4v) is 2.37. The molecule has 0 radical (unpaired) electrons. The summed E-state index contributed by atoms with van der Waals surface area (Å²) in [5, 5.41) is 37.6. The highest BCUT2D eigenvalue weighted by Crippen LogP contribution is 2.28. The van der Waals surface area contributed by atoms with Crippen molar-refractivity contribution < 1.29 is 24.8 Å². The monoisotopic (exact) mass is 312 g/mol. The lowest BCUT2D eigenvalue weighted by Gasteiger charge is -2.03. The average molecular weight is 312 g/mol. The van der Waals surface area contributed by atoms with Gasteiger partial charge in [0.15, 0.2) is 23.0 Å². The number of hydrogen-bond donors (Lipinski definition) is 4. The van der Waals surface area contributed by atoms with Crippen molar-refractivity contribution in [3.63, 3.8) is 0 Å². The molecule has 3 rings (SSSR count). The Kier molecular flexibility index (Phi) is 3.85. The number of furan rings is 1. The van der Waals surface area contributed by atoms with Crippen LogP contribution in [0.1, 0.15) is 22.6 Å². The van der Waals surface area contributed by atoms with Gasteiger partial charge in [0.1, 0.15) is 11.5 Å². The molecule has 0 amide bonds. The number of rotatable bonds is 4. The molecule has 2 aromatic carbocycles. The van der Waals surface area contributed by atoms with E-state index in [2.05, 4.69) is 0 Å². The topological polar surface area (TPSA) is 94.1 Å². The third kappa shape index (κ3) is 3.40. The Balaban J connectivity index is 1.72. The van der Waals surface area contributed by atoms with Crippen molar-refractivity contribution in [2.24, 2.45) is 0 Å². The van der Waals surface area contributed by atoms with Crippen molar-refractivity contribution in [2.75, 3.05) is 0 Å². The van der Waals surface area contributed by atoms with Gasteiger partial charge in [-0.1, -0.05) is 12.1 Å². The molecular weight excluding hydrogens is 296 g/mol. The fraction of sp³-hybridized carbons (Fsp3) is 0.111. The summed E-state index contributed by atoms with van der Waals surface area (Å²) >= 11 is 0. The van der Waals surface area contributed by atoms with Crippen LogP contribution in [0.3, 0.4) is 0 Å². The van der Waals surface area contributed by atoms with E-state index in [1.165, 1.54) is 24.3 Å². The predicted molar refractivity (Wildman–Crippen MR) is 83.9 cm³/mol. The summed E-state index contributed by atoms with van der Waals surface area (Å²) in [6.07, 6.45) is 0.989. The first-order valence-electron chi connectivity index (χ1n) is 7.10.